The first-order chi connectivity index (χ1) is 9.33. The molecule has 4 heteroatoms. The zero-order chi connectivity index (χ0) is 13.1. The van der Waals surface area contributed by atoms with Crippen LogP contribution in [0.15, 0.2) is 42.7 Å². The van der Waals surface area contributed by atoms with Gasteiger partial charge < -0.3 is 15.2 Å². The standard InChI is InChI=1S/C15H17N3O/c19-15(17-7-10-18-8-1-2-9-18)13-4-3-12-5-6-16-14(12)11-13/h1-4,8-9,11,16H,5-7,10H2,(H,17,19). The Balaban J connectivity index is 1.58. The van der Waals surface area contributed by atoms with Crippen LogP contribution in [0, 0.1) is 0 Å². The van der Waals surface area contributed by atoms with Crippen molar-refractivity contribution in [2.24, 2.45) is 0 Å². The molecule has 19 heavy (non-hydrogen) atoms. The summed E-state index contributed by atoms with van der Waals surface area (Å²) in [5.41, 5.74) is 3.11. The van der Waals surface area contributed by atoms with Crippen molar-refractivity contribution < 1.29 is 4.79 Å². The second-order valence-corrected chi connectivity index (χ2v) is 4.73. The maximum absolute atomic E-state index is 12.0. The molecule has 0 bridgehead atoms. The van der Waals surface area contributed by atoms with Gasteiger partial charge in [0.1, 0.15) is 0 Å². The number of nitrogens with one attached hydrogen (secondary N) is 2. The van der Waals surface area contributed by atoms with E-state index in [4.69, 9.17) is 0 Å². The summed E-state index contributed by atoms with van der Waals surface area (Å²) in [6.45, 7) is 2.40. The fourth-order valence-corrected chi connectivity index (χ4v) is 2.35. The molecule has 0 saturated heterocycles. The Morgan fingerprint density at radius 3 is 3.00 bits per heavy atom. The third-order valence-corrected chi connectivity index (χ3v) is 3.40. The molecule has 2 aromatic rings. The molecule has 0 unspecified atom stereocenters. The number of hydrogen-bond donors (Lipinski definition) is 2. The van der Waals surface area contributed by atoms with Gasteiger partial charge in [0.05, 0.1) is 0 Å². The number of carbonyl (C=O) groups excluding carboxylic acids is 1. The molecule has 1 amide bonds. The number of benzene rings is 1. The topological polar surface area (TPSA) is 46.1 Å². The quantitative estimate of drug-likeness (QED) is 0.876. The summed E-state index contributed by atoms with van der Waals surface area (Å²) >= 11 is 0. The summed E-state index contributed by atoms with van der Waals surface area (Å²) in [6.07, 6.45) is 5.03. The highest BCUT2D eigenvalue weighted by molar-refractivity contribution is 5.95. The molecule has 0 aliphatic carbocycles. The van der Waals surface area contributed by atoms with Gasteiger partial charge in [0.2, 0.25) is 0 Å². The highest BCUT2D eigenvalue weighted by Gasteiger charge is 2.12. The van der Waals surface area contributed by atoms with Gasteiger partial charge in [-0.3, -0.25) is 4.79 Å². The Morgan fingerprint density at radius 1 is 1.32 bits per heavy atom. The molecule has 1 aromatic heterocycles. The van der Waals surface area contributed by atoms with Gasteiger partial charge in [0.15, 0.2) is 0 Å². The first-order valence-electron chi connectivity index (χ1n) is 6.59. The monoisotopic (exact) mass is 255 g/mol. The first kappa shape index (κ1) is 11.8. The largest absolute Gasteiger partial charge is 0.384 e. The van der Waals surface area contributed by atoms with E-state index in [0.29, 0.717) is 6.54 Å². The van der Waals surface area contributed by atoms with Crippen LogP contribution in [0.5, 0.6) is 0 Å². The van der Waals surface area contributed by atoms with Crippen LogP contribution in [0.1, 0.15) is 15.9 Å². The van der Waals surface area contributed by atoms with E-state index in [1.54, 1.807) is 0 Å². The third-order valence-electron chi connectivity index (χ3n) is 3.40. The van der Waals surface area contributed by atoms with Crippen LogP contribution in [-0.4, -0.2) is 23.6 Å². The number of carbonyl (C=O) groups is 1. The van der Waals surface area contributed by atoms with E-state index in [1.807, 2.05) is 47.3 Å². The average Bonchev–Trinajstić information content (AvgIpc) is 3.08. The molecule has 0 fully saturated rings. The van der Waals surface area contributed by atoms with Crippen LogP contribution >= 0.6 is 0 Å². The Bertz CT molecular complexity index is 575. The van der Waals surface area contributed by atoms with Crippen molar-refractivity contribution in [1.82, 2.24) is 9.88 Å². The van der Waals surface area contributed by atoms with Crippen molar-refractivity contribution >= 4 is 11.6 Å². The van der Waals surface area contributed by atoms with Gasteiger partial charge in [0.25, 0.3) is 5.91 Å². The molecule has 4 nitrogen and oxygen atoms in total. The van der Waals surface area contributed by atoms with E-state index in [0.717, 1.165) is 30.8 Å². The van der Waals surface area contributed by atoms with Crippen LogP contribution in [0.2, 0.25) is 0 Å². The van der Waals surface area contributed by atoms with Crippen molar-refractivity contribution in [1.29, 1.82) is 0 Å². The molecular formula is C15H17N3O. The van der Waals surface area contributed by atoms with Gasteiger partial charge in [-0.25, -0.2) is 0 Å². The number of anilines is 1. The van der Waals surface area contributed by atoms with Gasteiger partial charge in [-0.1, -0.05) is 6.07 Å². The van der Waals surface area contributed by atoms with Gasteiger partial charge in [-0.15, -0.1) is 0 Å². The highest BCUT2D eigenvalue weighted by atomic mass is 16.1. The fourth-order valence-electron chi connectivity index (χ4n) is 2.35. The normalized spacial score (nSPS) is 12.8. The van der Waals surface area contributed by atoms with Gasteiger partial charge in [-0.2, -0.15) is 0 Å². The maximum Gasteiger partial charge on any atom is 0.251 e. The molecule has 2 heterocycles. The number of amides is 1. The molecule has 0 spiro atoms. The maximum atomic E-state index is 12.0. The van der Waals surface area contributed by atoms with Crippen LogP contribution in [0.4, 0.5) is 5.69 Å². The van der Waals surface area contributed by atoms with Crippen molar-refractivity contribution in [3.63, 3.8) is 0 Å². The van der Waals surface area contributed by atoms with Crippen LogP contribution in [-0.2, 0) is 13.0 Å². The van der Waals surface area contributed by atoms with E-state index < -0.39 is 0 Å². The summed E-state index contributed by atoms with van der Waals surface area (Å²) in [7, 11) is 0. The minimum Gasteiger partial charge on any atom is -0.384 e. The van der Waals surface area contributed by atoms with Gasteiger partial charge in [0, 0.05) is 43.3 Å². The fraction of sp³-hybridized carbons (Fsp3) is 0.267. The second kappa shape index (κ2) is 5.18. The third kappa shape index (κ3) is 2.62. The van der Waals surface area contributed by atoms with E-state index in [-0.39, 0.29) is 5.91 Å². The minimum absolute atomic E-state index is 0.0105. The second-order valence-electron chi connectivity index (χ2n) is 4.73. The first-order valence-corrected chi connectivity index (χ1v) is 6.59. The molecule has 0 saturated carbocycles. The summed E-state index contributed by atoms with van der Waals surface area (Å²) in [4.78, 5) is 12.0. The summed E-state index contributed by atoms with van der Waals surface area (Å²) in [6, 6.07) is 9.84. The lowest BCUT2D eigenvalue weighted by Gasteiger charge is -2.07. The SMILES string of the molecule is O=C(NCCn1cccc1)c1ccc2c(c1)NCC2. The smallest absolute Gasteiger partial charge is 0.251 e. The highest BCUT2D eigenvalue weighted by Crippen LogP contribution is 2.22. The predicted molar refractivity (Wildman–Crippen MR) is 75.4 cm³/mol. The lowest BCUT2D eigenvalue weighted by Crippen LogP contribution is -2.26. The van der Waals surface area contributed by atoms with Crippen molar-refractivity contribution in [3.05, 3.63) is 53.9 Å². The zero-order valence-corrected chi connectivity index (χ0v) is 10.7. The van der Waals surface area contributed by atoms with Crippen molar-refractivity contribution in [2.75, 3.05) is 18.4 Å². The molecule has 1 aliphatic heterocycles. The number of rotatable bonds is 4. The van der Waals surface area contributed by atoms with E-state index in [2.05, 4.69) is 10.6 Å². The van der Waals surface area contributed by atoms with Crippen molar-refractivity contribution in [3.8, 4) is 0 Å². The van der Waals surface area contributed by atoms with Gasteiger partial charge in [-0.05, 0) is 36.2 Å². The summed E-state index contributed by atoms with van der Waals surface area (Å²) in [5.74, 6) is -0.0105. The van der Waals surface area contributed by atoms with Gasteiger partial charge >= 0.3 is 0 Å². The molecule has 1 aliphatic rings. The predicted octanol–water partition coefficient (Wildman–Crippen LogP) is 1.89. The number of aromatic nitrogens is 1. The minimum atomic E-state index is -0.0105. The Hall–Kier alpha value is -2.23. The molecule has 2 N–H and O–H groups in total. The Kier molecular flexibility index (Phi) is 3.23. The van der Waals surface area contributed by atoms with E-state index in [1.165, 1.54) is 5.56 Å². The number of hydrogen-bond acceptors (Lipinski definition) is 2. The molecule has 3 rings (SSSR count). The lowest BCUT2D eigenvalue weighted by molar-refractivity contribution is 0.0952. The van der Waals surface area contributed by atoms with Crippen LogP contribution in [0.3, 0.4) is 0 Å². The molecule has 98 valence electrons. The summed E-state index contributed by atoms with van der Waals surface area (Å²) < 4.78 is 2.05. The average molecular weight is 255 g/mol. The zero-order valence-electron chi connectivity index (χ0n) is 10.7. The van der Waals surface area contributed by atoms with Crippen molar-refractivity contribution in [2.45, 2.75) is 13.0 Å². The number of nitrogens with zero attached hydrogens (tertiary/aromatic N) is 1. The molecule has 0 radical (unpaired) electrons. The molecule has 0 atom stereocenters. The van der Waals surface area contributed by atoms with E-state index in [9.17, 15) is 4.79 Å². The van der Waals surface area contributed by atoms with Crippen LogP contribution in [0.25, 0.3) is 0 Å². The Labute approximate surface area is 112 Å². The molecular weight excluding hydrogens is 238 g/mol. The summed E-state index contributed by atoms with van der Waals surface area (Å²) in [5, 5.41) is 6.23. The molecule has 1 aromatic carbocycles. The van der Waals surface area contributed by atoms with E-state index >= 15 is 0 Å². The lowest BCUT2D eigenvalue weighted by atomic mass is 10.1. The number of fused-ring (bicyclic) bond motifs is 1. The van der Waals surface area contributed by atoms with Crippen LogP contribution < -0.4 is 10.6 Å². The Morgan fingerprint density at radius 2 is 2.16 bits per heavy atom.